The third kappa shape index (κ3) is 4.32. The van der Waals surface area contributed by atoms with Crippen molar-refractivity contribution in [3.8, 4) is 0 Å². The first-order valence-corrected chi connectivity index (χ1v) is 9.80. The molecule has 4 atom stereocenters. The van der Waals surface area contributed by atoms with Gasteiger partial charge in [0.2, 0.25) is 11.8 Å². The first-order chi connectivity index (χ1) is 12.0. The van der Waals surface area contributed by atoms with E-state index in [1.165, 1.54) is 18.4 Å². The summed E-state index contributed by atoms with van der Waals surface area (Å²) >= 11 is 0. The van der Waals surface area contributed by atoms with Gasteiger partial charge in [-0.2, -0.15) is 0 Å². The van der Waals surface area contributed by atoms with Gasteiger partial charge in [-0.3, -0.25) is 4.90 Å². The molecule has 5 nitrogen and oxygen atoms in total. The molecule has 0 unspecified atom stereocenters. The Kier molecular flexibility index (Phi) is 5.95. The highest BCUT2D eigenvalue weighted by molar-refractivity contribution is 5.14. The van der Waals surface area contributed by atoms with E-state index in [2.05, 4.69) is 41.9 Å². The Morgan fingerprint density at radius 2 is 2.12 bits per heavy atom. The molecular formula is C20H33N3O2. The maximum Gasteiger partial charge on any atom is 0.217 e. The minimum absolute atomic E-state index is 0.293. The van der Waals surface area contributed by atoms with E-state index in [9.17, 15) is 5.11 Å². The Hall–Kier alpha value is -1.20. The normalized spacial score (nSPS) is 30.9. The molecule has 1 aromatic rings. The Balaban J connectivity index is 1.72. The minimum atomic E-state index is 0.293. The molecule has 25 heavy (non-hydrogen) atoms. The van der Waals surface area contributed by atoms with E-state index < -0.39 is 0 Å². The van der Waals surface area contributed by atoms with Crippen molar-refractivity contribution in [1.82, 2.24) is 15.1 Å². The van der Waals surface area contributed by atoms with Crippen LogP contribution in [-0.2, 0) is 6.42 Å². The quantitative estimate of drug-likeness (QED) is 0.801. The van der Waals surface area contributed by atoms with Crippen molar-refractivity contribution in [1.29, 1.82) is 0 Å². The van der Waals surface area contributed by atoms with E-state index in [0.29, 0.717) is 42.2 Å². The number of aliphatic hydroxyl groups excluding tert-OH is 1. The molecule has 0 radical (unpaired) electrons. The molecule has 0 aromatic carbocycles. The summed E-state index contributed by atoms with van der Waals surface area (Å²) in [5, 5.41) is 17.8. The second-order valence-corrected chi connectivity index (χ2v) is 8.31. The highest BCUT2D eigenvalue weighted by Crippen LogP contribution is 2.39. The molecule has 1 saturated heterocycles. The van der Waals surface area contributed by atoms with E-state index in [1.54, 1.807) is 0 Å². The van der Waals surface area contributed by atoms with Gasteiger partial charge in [-0.15, -0.1) is 10.2 Å². The molecule has 0 spiro atoms. The van der Waals surface area contributed by atoms with Crippen LogP contribution in [0.3, 0.4) is 0 Å². The maximum atomic E-state index is 9.62. The van der Waals surface area contributed by atoms with Crippen molar-refractivity contribution in [3.05, 3.63) is 23.4 Å². The fraction of sp³-hybridized carbons (Fsp3) is 0.800. The number of hydrogen-bond donors (Lipinski definition) is 1. The lowest BCUT2D eigenvalue weighted by Gasteiger charge is -2.39. The average molecular weight is 348 g/mol. The molecule has 1 aliphatic heterocycles. The van der Waals surface area contributed by atoms with Crippen LogP contribution in [0.4, 0.5) is 0 Å². The smallest absolute Gasteiger partial charge is 0.217 e. The monoisotopic (exact) mass is 347 g/mol. The van der Waals surface area contributed by atoms with Crippen molar-refractivity contribution in [2.24, 2.45) is 23.7 Å². The Morgan fingerprint density at radius 3 is 2.76 bits per heavy atom. The van der Waals surface area contributed by atoms with Gasteiger partial charge in [0.05, 0.1) is 6.61 Å². The Morgan fingerprint density at radius 1 is 1.32 bits per heavy atom. The molecule has 0 amide bonds. The second-order valence-electron chi connectivity index (χ2n) is 8.31. The summed E-state index contributed by atoms with van der Waals surface area (Å²) < 4.78 is 5.61. The summed E-state index contributed by atoms with van der Waals surface area (Å²) in [5.41, 5.74) is 1.46. The van der Waals surface area contributed by atoms with Crippen LogP contribution < -0.4 is 0 Å². The van der Waals surface area contributed by atoms with Crippen molar-refractivity contribution in [2.45, 2.75) is 59.4 Å². The Bertz CT molecular complexity index is 596. The number of nitrogens with zero attached hydrogens (tertiary/aromatic N) is 3. The van der Waals surface area contributed by atoms with Gasteiger partial charge in [-0.1, -0.05) is 25.5 Å². The van der Waals surface area contributed by atoms with Crippen LogP contribution in [0.15, 0.2) is 16.1 Å². The van der Waals surface area contributed by atoms with Crippen LogP contribution in [0.25, 0.3) is 0 Å². The van der Waals surface area contributed by atoms with Crippen LogP contribution in [0.5, 0.6) is 0 Å². The van der Waals surface area contributed by atoms with E-state index in [1.807, 2.05) is 6.92 Å². The highest BCUT2D eigenvalue weighted by Gasteiger charge is 2.35. The zero-order valence-corrected chi connectivity index (χ0v) is 16.1. The number of hydrogen-bond acceptors (Lipinski definition) is 5. The summed E-state index contributed by atoms with van der Waals surface area (Å²) in [7, 11) is 0. The van der Waals surface area contributed by atoms with Gasteiger partial charge < -0.3 is 9.52 Å². The predicted molar refractivity (Wildman–Crippen MR) is 98.1 cm³/mol. The number of aliphatic hydroxyl groups is 1. The van der Waals surface area contributed by atoms with Crippen LogP contribution in [0.2, 0.25) is 0 Å². The number of aromatic nitrogens is 2. The standard InChI is InChI=1S/C20H33N3O2/c1-13(2)19-9-16(10-20-22-21-15(4)25-20)14(3)8-17(19)11-23-7-5-6-18(23)12-24/h8,13,16-19,24H,5-7,9-12H2,1-4H3/t16-,17+,18+,19+/m1/s1. The van der Waals surface area contributed by atoms with Gasteiger partial charge in [-0.05, 0) is 56.4 Å². The zero-order valence-electron chi connectivity index (χ0n) is 16.1. The summed E-state index contributed by atoms with van der Waals surface area (Å²) in [4.78, 5) is 2.51. The van der Waals surface area contributed by atoms with E-state index >= 15 is 0 Å². The first-order valence-electron chi connectivity index (χ1n) is 9.80. The lowest BCUT2D eigenvalue weighted by molar-refractivity contribution is 0.117. The van der Waals surface area contributed by atoms with Crippen LogP contribution >= 0.6 is 0 Å². The van der Waals surface area contributed by atoms with Crippen LogP contribution in [-0.4, -0.2) is 45.9 Å². The lowest BCUT2D eigenvalue weighted by Crippen LogP contribution is -2.40. The predicted octanol–water partition coefficient (Wildman–Crippen LogP) is 3.23. The summed E-state index contributed by atoms with van der Waals surface area (Å²) in [6.07, 6.45) is 6.88. The maximum absolute atomic E-state index is 9.62. The van der Waals surface area contributed by atoms with Crippen molar-refractivity contribution < 1.29 is 9.52 Å². The van der Waals surface area contributed by atoms with E-state index in [4.69, 9.17) is 4.42 Å². The topological polar surface area (TPSA) is 62.4 Å². The lowest BCUT2D eigenvalue weighted by atomic mass is 9.69. The largest absolute Gasteiger partial charge is 0.426 e. The van der Waals surface area contributed by atoms with Gasteiger partial charge in [0.15, 0.2) is 0 Å². The van der Waals surface area contributed by atoms with Crippen LogP contribution in [0, 0.1) is 30.6 Å². The molecule has 1 N–H and O–H groups in total. The van der Waals surface area contributed by atoms with Gasteiger partial charge in [0.1, 0.15) is 0 Å². The van der Waals surface area contributed by atoms with Crippen molar-refractivity contribution in [3.63, 3.8) is 0 Å². The molecule has 2 heterocycles. The average Bonchev–Trinajstić information content (AvgIpc) is 3.18. The second kappa shape index (κ2) is 8.00. The molecule has 3 rings (SSSR count). The van der Waals surface area contributed by atoms with Gasteiger partial charge in [0.25, 0.3) is 0 Å². The molecule has 0 saturated carbocycles. The first kappa shape index (κ1) is 18.6. The number of aryl methyl sites for hydroxylation is 1. The summed E-state index contributed by atoms with van der Waals surface area (Å²) in [6, 6.07) is 0.362. The van der Waals surface area contributed by atoms with Crippen molar-refractivity contribution >= 4 is 0 Å². The zero-order chi connectivity index (χ0) is 18.0. The molecule has 0 bridgehead atoms. The van der Waals surface area contributed by atoms with Crippen molar-refractivity contribution in [2.75, 3.05) is 19.7 Å². The third-order valence-corrected chi connectivity index (χ3v) is 6.23. The van der Waals surface area contributed by atoms with Gasteiger partial charge in [-0.25, -0.2) is 0 Å². The fourth-order valence-corrected chi connectivity index (χ4v) is 4.73. The SMILES string of the molecule is CC1=C[C@@H](CN2CCC[C@H]2CO)[C@H](C(C)C)C[C@@H]1Cc1nnc(C)o1. The molecule has 1 aliphatic carbocycles. The minimum Gasteiger partial charge on any atom is -0.426 e. The fourth-order valence-electron chi connectivity index (χ4n) is 4.73. The van der Waals surface area contributed by atoms with E-state index in [-0.39, 0.29) is 0 Å². The number of rotatable bonds is 6. The molecule has 140 valence electrons. The highest BCUT2D eigenvalue weighted by atomic mass is 16.4. The summed E-state index contributed by atoms with van der Waals surface area (Å²) in [5.74, 6) is 3.79. The number of likely N-dealkylation sites (tertiary alicyclic amines) is 1. The van der Waals surface area contributed by atoms with Crippen LogP contribution in [0.1, 0.15) is 51.8 Å². The van der Waals surface area contributed by atoms with Gasteiger partial charge in [0, 0.05) is 25.9 Å². The molecule has 2 aliphatic rings. The number of allylic oxidation sites excluding steroid dienone is 1. The molecule has 1 aromatic heterocycles. The summed E-state index contributed by atoms with van der Waals surface area (Å²) in [6.45, 7) is 11.3. The molecule has 5 heteroatoms. The molecular weight excluding hydrogens is 314 g/mol. The van der Waals surface area contributed by atoms with Gasteiger partial charge >= 0.3 is 0 Å². The van der Waals surface area contributed by atoms with E-state index in [0.717, 1.165) is 31.8 Å². The molecule has 1 fully saturated rings. The Labute approximate surface area is 151 Å². The third-order valence-electron chi connectivity index (χ3n) is 6.23.